The molecule has 2 heterocycles. The average molecular weight is 422 g/mol. The third-order valence-electron chi connectivity index (χ3n) is 4.21. The highest BCUT2D eigenvalue weighted by Crippen LogP contribution is 2.26. The molecule has 0 unspecified atom stereocenters. The molecular formula is C21H20ClN7O. The number of halogens is 1. The summed E-state index contributed by atoms with van der Waals surface area (Å²) in [4.78, 5) is 17.2. The fourth-order valence-electron chi connectivity index (χ4n) is 2.82. The lowest BCUT2D eigenvalue weighted by molar-refractivity contribution is 0.528. The maximum atomic E-state index is 6.25. The van der Waals surface area contributed by atoms with Gasteiger partial charge >= 0.3 is 6.01 Å². The van der Waals surface area contributed by atoms with Crippen LogP contribution in [-0.4, -0.2) is 19.9 Å². The molecule has 0 radical (unpaired) electrons. The molecule has 4 aromatic rings. The van der Waals surface area contributed by atoms with Crippen LogP contribution >= 0.6 is 11.6 Å². The van der Waals surface area contributed by atoms with E-state index in [4.69, 9.17) is 16.0 Å². The van der Waals surface area contributed by atoms with Gasteiger partial charge in [0.25, 0.3) is 0 Å². The quantitative estimate of drug-likeness (QED) is 0.373. The van der Waals surface area contributed by atoms with Crippen molar-refractivity contribution in [3.8, 4) is 0 Å². The molecule has 0 aliphatic rings. The van der Waals surface area contributed by atoms with Crippen LogP contribution in [0.15, 0.2) is 59.1 Å². The Labute approximate surface area is 178 Å². The number of nitrogens with zero attached hydrogens (tertiary/aromatic N) is 4. The Bertz CT molecular complexity index is 1130. The van der Waals surface area contributed by atoms with E-state index in [2.05, 4.69) is 35.9 Å². The molecule has 30 heavy (non-hydrogen) atoms. The second-order valence-corrected chi connectivity index (χ2v) is 6.97. The first-order valence-corrected chi connectivity index (χ1v) is 9.70. The summed E-state index contributed by atoms with van der Waals surface area (Å²) >= 11 is 6.25. The van der Waals surface area contributed by atoms with E-state index in [1.165, 1.54) is 0 Å². The van der Waals surface area contributed by atoms with Crippen LogP contribution in [0.4, 0.5) is 29.3 Å². The highest BCUT2D eigenvalue weighted by molar-refractivity contribution is 6.33. The summed E-state index contributed by atoms with van der Waals surface area (Å²) in [5.41, 5.74) is 2.81. The van der Waals surface area contributed by atoms with E-state index in [0.29, 0.717) is 41.1 Å². The Balaban J connectivity index is 1.43. The molecule has 0 aliphatic carbocycles. The van der Waals surface area contributed by atoms with Gasteiger partial charge in [0.05, 0.1) is 23.5 Å². The minimum absolute atomic E-state index is 0.291. The first-order chi connectivity index (χ1) is 14.6. The molecule has 152 valence electrons. The van der Waals surface area contributed by atoms with Crippen LogP contribution in [-0.2, 0) is 6.54 Å². The van der Waals surface area contributed by atoms with E-state index in [9.17, 15) is 0 Å². The topological polar surface area (TPSA) is 101 Å². The lowest BCUT2D eigenvalue weighted by Crippen LogP contribution is -2.05. The number of hydrogen-bond acceptors (Lipinski definition) is 8. The van der Waals surface area contributed by atoms with Gasteiger partial charge in [0.2, 0.25) is 11.9 Å². The van der Waals surface area contributed by atoms with Crippen molar-refractivity contribution in [2.75, 3.05) is 16.0 Å². The van der Waals surface area contributed by atoms with Crippen LogP contribution in [0.25, 0.3) is 0 Å². The van der Waals surface area contributed by atoms with Gasteiger partial charge in [0, 0.05) is 5.69 Å². The molecule has 0 aliphatic heterocycles. The minimum Gasteiger partial charge on any atom is -0.427 e. The molecule has 0 saturated heterocycles. The molecule has 8 nitrogen and oxygen atoms in total. The number of benzene rings is 2. The summed E-state index contributed by atoms with van der Waals surface area (Å²) in [6, 6.07) is 15.7. The van der Waals surface area contributed by atoms with Crippen LogP contribution in [0.5, 0.6) is 0 Å². The van der Waals surface area contributed by atoms with Crippen molar-refractivity contribution in [3.05, 3.63) is 76.9 Å². The molecular weight excluding hydrogens is 402 g/mol. The van der Waals surface area contributed by atoms with Crippen LogP contribution in [0, 0.1) is 13.8 Å². The Hall–Kier alpha value is -3.65. The maximum absolute atomic E-state index is 6.25. The van der Waals surface area contributed by atoms with E-state index in [0.717, 1.165) is 16.9 Å². The smallest absolute Gasteiger partial charge is 0.301 e. The van der Waals surface area contributed by atoms with Crippen molar-refractivity contribution >= 4 is 40.9 Å². The zero-order chi connectivity index (χ0) is 20.9. The lowest BCUT2D eigenvalue weighted by atomic mass is 10.2. The summed E-state index contributed by atoms with van der Waals surface area (Å²) < 4.78 is 5.74. The molecule has 4 rings (SSSR count). The van der Waals surface area contributed by atoms with Gasteiger partial charge in [-0.05, 0) is 37.6 Å². The fraction of sp³-hybridized carbons (Fsp3) is 0.143. The largest absolute Gasteiger partial charge is 0.427 e. The standard InChI is InChI=1S/C21H20ClN7O/c1-13-7-6-10-17(22)18(13)23-11-16-12-24-21(30-16)29-20-26-14(2)25-19(28-20)27-15-8-4-3-5-9-15/h3-10,12,23H,11H2,1-2H3,(H2,24,25,26,27,28,29). The van der Waals surface area contributed by atoms with Crippen molar-refractivity contribution in [2.45, 2.75) is 20.4 Å². The molecule has 0 atom stereocenters. The number of nitrogens with one attached hydrogen (secondary N) is 3. The lowest BCUT2D eigenvalue weighted by Gasteiger charge is -2.09. The highest BCUT2D eigenvalue weighted by atomic mass is 35.5. The summed E-state index contributed by atoms with van der Waals surface area (Å²) in [7, 11) is 0. The Morgan fingerprint density at radius 3 is 2.43 bits per heavy atom. The van der Waals surface area contributed by atoms with Crippen LogP contribution in [0.1, 0.15) is 17.1 Å². The van der Waals surface area contributed by atoms with Gasteiger partial charge in [0.15, 0.2) is 0 Å². The number of aromatic nitrogens is 4. The maximum Gasteiger partial charge on any atom is 0.301 e. The van der Waals surface area contributed by atoms with Gasteiger partial charge in [-0.15, -0.1) is 0 Å². The number of oxazole rings is 1. The molecule has 2 aromatic heterocycles. The first-order valence-electron chi connectivity index (χ1n) is 9.32. The molecule has 2 aromatic carbocycles. The summed E-state index contributed by atoms with van der Waals surface area (Å²) in [5.74, 6) is 1.97. The normalized spacial score (nSPS) is 10.6. The summed E-state index contributed by atoms with van der Waals surface area (Å²) in [6.07, 6.45) is 1.64. The van der Waals surface area contributed by atoms with E-state index in [1.54, 1.807) is 13.1 Å². The Morgan fingerprint density at radius 1 is 0.900 bits per heavy atom. The third kappa shape index (κ3) is 4.84. The van der Waals surface area contributed by atoms with Gasteiger partial charge in [0.1, 0.15) is 11.6 Å². The van der Waals surface area contributed by atoms with E-state index in [1.807, 2.05) is 55.5 Å². The predicted molar refractivity (Wildman–Crippen MR) is 118 cm³/mol. The van der Waals surface area contributed by atoms with Gasteiger partial charge in [-0.25, -0.2) is 4.98 Å². The summed E-state index contributed by atoms with van der Waals surface area (Å²) in [5, 5.41) is 10.1. The number of anilines is 5. The first kappa shape index (κ1) is 19.7. The van der Waals surface area contributed by atoms with Crippen LogP contribution in [0.3, 0.4) is 0 Å². The highest BCUT2D eigenvalue weighted by Gasteiger charge is 2.10. The van der Waals surface area contributed by atoms with E-state index in [-0.39, 0.29) is 0 Å². The second kappa shape index (κ2) is 8.79. The molecule has 0 saturated carbocycles. The van der Waals surface area contributed by atoms with E-state index < -0.39 is 0 Å². The summed E-state index contributed by atoms with van der Waals surface area (Å²) in [6.45, 7) is 4.22. The molecule has 0 amide bonds. The second-order valence-electron chi connectivity index (χ2n) is 6.56. The van der Waals surface area contributed by atoms with Crippen LogP contribution in [0.2, 0.25) is 5.02 Å². The van der Waals surface area contributed by atoms with Gasteiger partial charge in [-0.2, -0.15) is 15.0 Å². The third-order valence-corrected chi connectivity index (χ3v) is 4.53. The number of rotatable bonds is 7. The fourth-order valence-corrected chi connectivity index (χ4v) is 3.11. The Kier molecular flexibility index (Phi) is 5.76. The van der Waals surface area contributed by atoms with Crippen LogP contribution < -0.4 is 16.0 Å². The van der Waals surface area contributed by atoms with Crippen molar-refractivity contribution in [1.29, 1.82) is 0 Å². The molecule has 9 heteroatoms. The van der Waals surface area contributed by atoms with Crippen molar-refractivity contribution in [1.82, 2.24) is 19.9 Å². The molecule has 0 spiro atoms. The number of hydrogen-bond donors (Lipinski definition) is 3. The molecule has 0 fully saturated rings. The number of para-hydroxylation sites is 2. The zero-order valence-corrected chi connectivity index (χ0v) is 17.2. The average Bonchev–Trinajstić information content (AvgIpc) is 3.15. The van der Waals surface area contributed by atoms with Crippen molar-refractivity contribution in [2.24, 2.45) is 0 Å². The monoisotopic (exact) mass is 421 g/mol. The molecule has 3 N–H and O–H groups in total. The minimum atomic E-state index is 0.291. The van der Waals surface area contributed by atoms with Gasteiger partial charge < -0.3 is 15.1 Å². The molecule has 0 bridgehead atoms. The zero-order valence-electron chi connectivity index (χ0n) is 16.5. The Morgan fingerprint density at radius 2 is 1.67 bits per heavy atom. The SMILES string of the molecule is Cc1nc(Nc2ccccc2)nc(Nc2ncc(CNc3c(C)cccc3Cl)o2)n1. The predicted octanol–water partition coefficient (Wildman–Crippen LogP) is 5.23. The van der Waals surface area contributed by atoms with E-state index >= 15 is 0 Å². The van der Waals surface area contributed by atoms with Gasteiger partial charge in [-0.1, -0.05) is 41.9 Å². The van der Waals surface area contributed by atoms with Crippen molar-refractivity contribution < 1.29 is 4.42 Å². The van der Waals surface area contributed by atoms with Crippen molar-refractivity contribution in [3.63, 3.8) is 0 Å². The van der Waals surface area contributed by atoms with Gasteiger partial charge in [-0.3, -0.25) is 5.32 Å². The number of aryl methyl sites for hydroxylation is 2.